The van der Waals surface area contributed by atoms with Gasteiger partial charge in [0.1, 0.15) is 5.82 Å². The molecule has 2 N–H and O–H groups in total. The van der Waals surface area contributed by atoms with Gasteiger partial charge in [0.2, 0.25) is 0 Å². The molecular formula is C18H15Cl2FN2O4. The second-order valence-corrected chi connectivity index (χ2v) is 6.13. The first-order valence-electron chi connectivity index (χ1n) is 7.81. The first-order valence-corrected chi connectivity index (χ1v) is 8.57. The Morgan fingerprint density at radius 1 is 1.11 bits per heavy atom. The van der Waals surface area contributed by atoms with Gasteiger partial charge in [-0.25, -0.2) is 9.18 Å². The molecule has 9 heteroatoms. The lowest BCUT2D eigenvalue weighted by Crippen LogP contribution is -2.23. The van der Waals surface area contributed by atoms with Crippen molar-refractivity contribution in [3.05, 3.63) is 63.4 Å². The van der Waals surface area contributed by atoms with Crippen LogP contribution in [-0.2, 0) is 9.53 Å². The fourth-order valence-corrected chi connectivity index (χ4v) is 2.55. The molecule has 0 heterocycles. The number of halogens is 3. The molecule has 142 valence electrons. The maximum Gasteiger partial charge on any atom is 0.340 e. The highest BCUT2D eigenvalue weighted by Gasteiger charge is 2.17. The molecule has 0 unspecified atom stereocenters. The number of hydrogen-bond donors (Lipinski definition) is 2. The zero-order valence-corrected chi connectivity index (χ0v) is 15.7. The number of esters is 1. The monoisotopic (exact) mass is 412 g/mol. The van der Waals surface area contributed by atoms with Crippen LogP contribution in [0.2, 0.25) is 10.0 Å². The van der Waals surface area contributed by atoms with Crippen LogP contribution in [-0.4, -0.2) is 30.9 Å². The van der Waals surface area contributed by atoms with Crippen molar-refractivity contribution in [3.8, 4) is 0 Å². The van der Waals surface area contributed by atoms with E-state index in [4.69, 9.17) is 27.9 Å². The maximum atomic E-state index is 13.5. The summed E-state index contributed by atoms with van der Waals surface area (Å²) in [6, 6.07) is 8.16. The van der Waals surface area contributed by atoms with Crippen molar-refractivity contribution < 1.29 is 23.5 Å². The number of carbonyl (C=O) groups is 3. The van der Waals surface area contributed by atoms with Crippen LogP contribution in [0.5, 0.6) is 0 Å². The number of nitrogens with one attached hydrogen (secondary N) is 2. The molecule has 0 aliphatic carbocycles. The molecule has 2 rings (SSSR count). The van der Waals surface area contributed by atoms with E-state index in [2.05, 4.69) is 10.6 Å². The van der Waals surface area contributed by atoms with Gasteiger partial charge in [-0.2, -0.15) is 0 Å². The summed E-state index contributed by atoms with van der Waals surface area (Å²) in [7, 11) is 0. The van der Waals surface area contributed by atoms with Gasteiger partial charge in [0.05, 0.1) is 15.6 Å². The molecule has 0 saturated carbocycles. The minimum Gasteiger partial charge on any atom is -0.452 e. The van der Waals surface area contributed by atoms with Crippen LogP contribution < -0.4 is 10.6 Å². The van der Waals surface area contributed by atoms with E-state index in [0.717, 1.165) is 12.1 Å². The summed E-state index contributed by atoms with van der Waals surface area (Å²) >= 11 is 11.4. The second-order valence-electron chi connectivity index (χ2n) is 5.31. The number of hydrogen-bond acceptors (Lipinski definition) is 4. The number of rotatable bonds is 6. The largest absolute Gasteiger partial charge is 0.452 e. The van der Waals surface area contributed by atoms with Gasteiger partial charge in [0.15, 0.2) is 6.61 Å². The normalized spacial score (nSPS) is 10.2. The molecular weight excluding hydrogens is 398 g/mol. The van der Waals surface area contributed by atoms with Crippen molar-refractivity contribution in [1.82, 2.24) is 5.32 Å². The molecule has 0 aliphatic heterocycles. The van der Waals surface area contributed by atoms with Gasteiger partial charge in [-0.3, -0.25) is 9.59 Å². The van der Waals surface area contributed by atoms with Crippen LogP contribution in [0, 0.1) is 5.82 Å². The molecule has 2 amide bonds. The van der Waals surface area contributed by atoms with Crippen molar-refractivity contribution in [2.24, 2.45) is 0 Å². The predicted molar refractivity (Wildman–Crippen MR) is 99.8 cm³/mol. The van der Waals surface area contributed by atoms with Crippen molar-refractivity contribution in [2.45, 2.75) is 6.92 Å². The van der Waals surface area contributed by atoms with Crippen molar-refractivity contribution >= 4 is 46.7 Å². The Kier molecular flexibility index (Phi) is 7.15. The highest BCUT2D eigenvalue weighted by molar-refractivity contribution is 6.36. The van der Waals surface area contributed by atoms with Gasteiger partial charge < -0.3 is 15.4 Å². The zero-order chi connectivity index (χ0) is 20.0. The van der Waals surface area contributed by atoms with E-state index in [-0.39, 0.29) is 21.5 Å². The van der Waals surface area contributed by atoms with E-state index in [1.54, 1.807) is 25.1 Å². The molecule has 0 aliphatic rings. The van der Waals surface area contributed by atoms with E-state index < -0.39 is 24.3 Å². The lowest BCUT2D eigenvalue weighted by molar-refractivity contribution is -0.119. The summed E-state index contributed by atoms with van der Waals surface area (Å²) in [6.45, 7) is 1.64. The van der Waals surface area contributed by atoms with Gasteiger partial charge >= 0.3 is 5.97 Å². The van der Waals surface area contributed by atoms with Crippen LogP contribution in [0.15, 0.2) is 36.4 Å². The summed E-state index contributed by atoms with van der Waals surface area (Å²) in [6.07, 6.45) is 0. The minimum absolute atomic E-state index is 0.0959. The SMILES string of the molecule is CCNC(=O)c1cccc(NC(=O)COC(=O)c2cc(F)c(Cl)cc2Cl)c1. The Hall–Kier alpha value is -2.64. The highest BCUT2D eigenvalue weighted by atomic mass is 35.5. The predicted octanol–water partition coefficient (Wildman–Crippen LogP) is 3.68. The van der Waals surface area contributed by atoms with Gasteiger partial charge in [-0.1, -0.05) is 29.3 Å². The molecule has 2 aromatic rings. The van der Waals surface area contributed by atoms with Crippen LogP contribution >= 0.6 is 23.2 Å². The first kappa shape index (κ1) is 20.7. The third-order valence-corrected chi connectivity index (χ3v) is 3.91. The molecule has 2 aromatic carbocycles. The Balaban J connectivity index is 1.97. The maximum absolute atomic E-state index is 13.5. The number of ether oxygens (including phenoxy) is 1. The fourth-order valence-electron chi connectivity index (χ4n) is 2.09. The van der Waals surface area contributed by atoms with E-state index in [0.29, 0.717) is 17.8 Å². The molecule has 0 fully saturated rings. The fraction of sp³-hybridized carbons (Fsp3) is 0.167. The Labute approximate surface area is 164 Å². The van der Waals surface area contributed by atoms with E-state index in [1.165, 1.54) is 6.07 Å². The van der Waals surface area contributed by atoms with E-state index >= 15 is 0 Å². The summed E-state index contributed by atoms with van der Waals surface area (Å²) in [5.74, 6) is -2.72. The topological polar surface area (TPSA) is 84.5 Å². The molecule has 0 bridgehead atoms. The summed E-state index contributed by atoms with van der Waals surface area (Å²) in [4.78, 5) is 35.7. The van der Waals surface area contributed by atoms with Crippen molar-refractivity contribution in [1.29, 1.82) is 0 Å². The first-order chi connectivity index (χ1) is 12.8. The standard InChI is InChI=1S/C18H15Cl2FN2O4/c1-2-22-17(25)10-4-3-5-11(6-10)23-16(24)9-27-18(26)12-7-15(21)14(20)8-13(12)19/h3-8H,2,9H2,1H3,(H,22,25)(H,23,24). The molecule has 6 nitrogen and oxygen atoms in total. The average Bonchev–Trinajstić information content (AvgIpc) is 2.63. The van der Waals surface area contributed by atoms with Crippen LogP contribution in [0.4, 0.5) is 10.1 Å². The second kappa shape index (κ2) is 9.34. The Bertz CT molecular complexity index is 890. The van der Waals surface area contributed by atoms with Gasteiger partial charge in [0, 0.05) is 17.8 Å². The lowest BCUT2D eigenvalue weighted by atomic mass is 10.2. The average molecular weight is 413 g/mol. The molecule has 0 radical (unpaired) electrons. The molecule has 27 heavy (non-hydrogen) atoms. The zero-order valence-electron chi connectivity index (χ0n) is 14.1. The molecule has 0 atom stereocenters. The van der Waals surface area contributed by atoms with Crippen molar-refractivity contribution in [3.63, 3.8) is 0 Å². The molecule has 0 aromatic heterocycles. The molecule has 0 spiro atoms. The Morgan fingerprint density at radius 2 is 1.85 bits per heavy atom. The minimum atomic E-state index is -0.971. The number of benzene rings is 2. The lowest BCUT2D eigenvalue weighted by Gasteiger charge is -2.09. The Morgan fingerprint density at radius 3 is 2.56 bits per heavy atom. The third-order valence-electron chi connectivity index (χ3n) is 3.31. The summed E-state index contributed by atoms with van der Waals surface area (Å²) < 4.78 is 18.3. The summed E-state index contributed by atoms with van der Waals surface area (Å²) in [5, 5.41) is 4.81. The van der Waals surface area contributed by atoms with Gasteiger partial charge in [-0.15, -0.1) is 0 Å². The van der Waals surface area contributed by atoms with Crippen LogP contribution in [0.3, 0.4) is 0 Å². The van der Waals surface area contributed by atoms with Crippen LogP contribution in [0.1, 0.15) is 27.6 Å². The number of amides is 2. The van der Waals surface area contributed by atoms with Gasteiger partial charge in [-0.05, 0) is 37.3 Å². The van der Waals surface area contributed by atoms with E-state index in [1.807, 2.05) is 0 Å². The highest BCUT2D eigenvalue weighted by Crippen LogP contribution is 2.24. The van der Waals surface area contributed by atoms with Crippen LogP contribution in [0.25, 0.3) is 0 Å². The van der Waals surface area contributed by atoms with Gasteiger partial charge in [0.25, 0.3) is 11.8 Å². The molecule has 0 saturated heterocycles. The number of anilines is 1. The van der Waals surface area contributed by atoms with E-state index in [9.17, 15) is 18.8 Å². The quantitative estimate of drug-likeness (QED) is 0.559. The third kappa shape index (κ3) is 5.67. The van der Waals surface area contributed by atoms with Crippen molar-refractivity contribution in [2.75, 3.05) is 18.5 Å². The summed E-state index contributed by atoms with van der Waals surface area (Å²) in [5.41, 5.74) is 0.482. The number of carbonyl (C=O) groups excluding carboxylic acids is 3. The smallest absolute Gasteiger partial charge is 0.340 e.